The lowest BCUT2D eigenvalue weighted by Crippen LogP contribution is -2.12. The Morgan fingerprint density at radius 2 is 2.20 bits per heavy atom. The van der Waals surface area contributed by atoms with Crippen LogP contribution in [-0.2, 0) is 6.54 Å². The van der Waals surface area contributed by atoms with Crippen LogP contribution in [0.4, 0.5) is 5.82 Å². The molecule has 0 fully saturated rings. The fraction of sp³-hybridized carbons (Fsp3) is 0.143. The van der Waals surface area contributed by atoms with E-state index in [2.05, 4.69) is 20.6 Å². The molecule has 0 atom stereocenters. The zero-order chi connectivity index (χ0) is 13.9. The summed E-state index contributed by atoms with van der Waals surface area (Å²) in [7, 11) is 0. The Balaban J connectivity index is 1.88. The molecule has 2 aromatic heterocycles. The summed E-state index contributed by atoms with van der Waals surface area (Å²) in [6.07, 6.45) is 1.63. The number of hydrogen-bond donors (Lipinski definition) is 1. The van der Waals surface area contributed by atoms with E-state index in [1.807, 2.05) is 19.1 Å². The summed E-state index contributed by atoms with van der Waals surface area (Å²) in [5.41, 5.74) is 2.16. The highest BCUT2D eigenvalue weighted by Gasteiger charge is 2.10. The molecule has 0 aliphatic carbocycles. The third-order valence-corrected chi connectivity index (χ3v) is 2.98. The highest BCUT2D eigenvalue weighted by molar-refractivity contribution is 6.05. The van der Waals surface area contributed by atoms with E-state index < -0.39 is 0 Å². The minimum absolute atomic E-state index is 0.211. The summed E-state index contributed by atoms with van der Waals surface area (Å²) in [5.74, 6) is 0.312. The molecular formula is C14H13N5O. The first-order chi connectivity index (χ1) is 9.78. The van der Waals surface area contributed by atoms with Crippen molar-refractivity contribution in [3.63, 3.8) is 0 Å². The Kier molecular flexibility index (Phi) is 3.12. The van der Waals surface area contributed by atoms with E-state index in [9.17, 15) is 4.79 Å². The van der Waals surface area contributed by atoms with Gasteiger partial charge in [-0.25, -0.2) is 9.67 Å². The molecule has 0 aliphatic rings. The number of rotatable bonds is 3. The van der Waals surface area contributed by atoms with Crippen LogP contribution in [0.3, 0.4) is 0 Å². The van der Waals surface area contributed by atoms with Crippen LogP contribution < -0.4 is 5.32 Å². The zero-order valence-corrected chi connectivity index (χ0v) is 10.9. The van der Waals surface area contributed by atoms with E-state index in [1.54, 1.807) is 35.1 Å². The molecule has 6 heteroatoms. The van der Waals surface area contributed by atoms with E-state index in [-0.39, 0.29) is 5.91 Å². The number of nitrogens with one attached hydrogen (secondary N) is 1. The molecule has 2 heterocycles. The highest BCUT2D eigenvalue weighted by Crippen LogP contribution is 2.14. The van der Waals surface area contributed by atoms with Gasteiger partial charge in [-0.2, -0.15) is 0 Å². The van der Waals surface area contributed by atoms with Crippen molar-refractivity contribution < 1.29 is 4.79 Å². The van der Waals surface area contributed by atoms with Crippen LogP contribution in [0.2, 0.25) is 0 Å². The summed E-state index contributed by atoms with van der Waals surface area (Å²) >= 11 is 0. The lowest BCUT2D eigenvalue weighted by molar-refractivity contribution is 0.102. The monoisotopic (exact) mass is 267 g/mol. The van der Waals surface area contributed by atoms with Crippen molar-refractivity contribution >= 4 is 22.8 Å². The van der Waals surface area contributed by atoms with Gasteiger partial charge in [-0.15, -0.1) is 5.10 Å². The van der Waals surface area contributed by atoms with Crippen molar-refractivity contribution in [3.05, 3.63) is 48.2 Å². The number of aryl methyl sites for hydroxylation is 1. The van der Waals surface area contributed by atoms with Gasteiger partial charge in [-0.1, -0.05) is 11.3 Å². The molecule has 0 saturated heterocycles. The molecule has 0 bridgehead atoms. The first-order valence-corrected chi connectivity index (χ1v) is 6.33. The Morgan fingerprint density at radius 1 is 1.30 bits per heavy atom. The van der Waals surface area contributed by atoms with Gasteiger partial charge in [0, 0.05) is 18.3 Å². The lowest BCUT2D eigenvalue weighted by atomic mass is 10.2. The van der Waals surface area contributed by atoms with Crippen molar-refractivity contribution in [2.75, 3.05) is 5.32 Å². The van der Waals surface area contributed by atoms with Crippen LogP contribution in [0.15, 0.2) is 42.6 Å². The van der Waals surface area contributed by atoms with Gasteiger partial charge in [0.1, 0.15) is 11.3 Å². The summed E-state index contributed by atoms with van der Waals surface area (Å²) in [5, 5.41) is 10.8. The van der Waals surface area contributed by atoms with Crippen molar-refractivity contribution in [2.45, 2.75) is 13.5 Å². The Labute approximate surface area is 115 Å². The minimum atomic E-state index is -0.211. The van der Waals surface area contributed by atoms with Gasteiger partial charge in [-0.3, -0.25) is 4.79 Å². The third-order valence-electron chi connectivity index (χ3n) is 2.98. The topological polar surface area (TPSA) is 72.7 Å². The average molecular weight is 267 g/mol. The Morgan fingerprint density at radius 3 is 2.95 bits per heavy atom. The molecule has 3 aromatic rings. The highest BCUT2D eigenvalue weighted by atomic mass is 16.1. The fourth-order valence-electron chi connectivity index (χ4n) is 1.97. The van der Waals surface area contributed by atoms with Crippen LogP contribution in [0.25, 0.3) is 11.0 Å². The molecule has 3 rings (SSSR count). The normalized spacial score (nSPS) is 10.7. The predicted octanol–water partition coefficient (Wildman–Crippen LogP) is 2.10. The van der Waals surface area contributed by atoms with Crippen molar-refractivity contribution in [3.8, 4) is 0 Å². The predicted molar refractivity (Wildman–Crippen MR) is 75.4 cm³/mol. The smallest absolute Gasteiger partial charge is 0.256 e. The van der Waals surface area contributed by atoms with Gasteiger partial charge in [-0.05, 0) is 37.3 Å². The number of aromatic nitrogens is 4. The molecule has 100 valence electrons. The van der Waals surface area contributed by atoms with E-state index in [0.717, 1.165) is 12.1 Å². The largest absolute Gasteiger partial charge is 0.307 e. The lowest BCUT2D eigenvalue weighted by Gasteiger charge is -2.04. The molecular weight excluding hydrogens is 254 g/mol. The van der Waals surface area contributed by atoms with Crippen LogP contribution in [-0.4, -0.2) is 25.9 Å². The quantitative estimate of drug-likeness (QED) is 0.788. The van der Waals surface area contributed by atoms with Crippen molar-refractivity contribution in [1.29, 1.82) is 0 Å². The number of carbonyl (C=O) groups excluding carboxylic acids is 1. The molecule has 1 amide bonds. The second-order valence-corrected chi connectivity index (χ2v) is 4.28. The van der Waals surface area contributed by atoms with Crippen molar-refractivity contribution in [1.82, 2.24) is 20.0 Å². The molecule has 0 unspecified atom stereocenters. The maximum atomic E-state index is 12.1. The summed E-state index contributed by atoms with van der Waals surface area (Å²) < 4.78 is 1.79. The molecule has 1 N–H and O–H groups in total. The molecule has 0 radical (unpaired) electrons. The standard InChI is InChI=1S/C14H13N5O/c1-2-19-12-7-6-10(9-11(12)17-18-19)14(20)16-13-5-3-4-8-15-13/h3-9H,2H2,1H3,(H,15,16,20). The summed E-state index contributed by atoms with van der Waals surface area (Å²) in [6, 6.07) is 10.7. The van der Waals surface area contributed by atoms with Gasteiger partial charge in [0.05, 0.1) is 5.52 Å². The maximum Gasteiger partial charge on any atom is 0.256 e. The fourth-order valence-corrected chi connectivity index (χ4v) is 1.97. The number of amides is 1. The van der Waals surface area contributed by atoms with E-state index in [0.29, 0.717) is 16.9 Å². The van der Waals surface area contributed by atoms with E-state index in [4.69, 9.17) is 0 Å². The van der Waals surface area contributed by atoms with Crippen LogP contribution >= 0.6 is 0 Å². The molecule has 20 heavy (non-hydrogen) atoms. The molecule has 0 aliphatic heterocycles. The van der Waals surface area contributed by atoms with E-state index in [1.165, 1.54) is 0 Å². The number of pyridine rings is 1. The summed E-state index contributed by atoms with van der Waals surface area (Å²) in [4.78, 5) is 16.2. The zero-order valence-electron chi connectivity index (χ0n) is 10.9. The first-order valence-electron chi connectivity index (χ1n) is 6.33. The van der Waals surface area contributed by atoms with Gasteiger partial charge in [0.2, 0.25) is 0 Å². The van der Waals surface area contributed by atoms with Crippen LogP contribution in [0, 0.1) is 0 Å². The first kappa shape index (κ1) is 12.3. The molecule has 1 aromatic carbocycles. The number of fused-ring (bicyclic) bond motifs is 1. The number of benzene rings is 1. The van der Waals surface area contributed by atoms with E-state index >= 15 is 0 Å². The molecule has 0 saturated carbocycles. The Hall–Kier alpha value is -2.76. The molecule has 6 nitrogen and oxygen atoms in total. The number of hydrogen-bond acceptors (Lipinski definition) is 4. The Bertz CT molecular complexity index is 751. The summed E-state index contributed by atoms with van der Waals surface area (Å²) in [6.45, 7) is 2.74. The minimum Gasteiger partial charge on any atom is -0.307 e. The molecule has 0 spiro atoms. The van der Waals surface area contributed by atoms with Gasteiger partial charge in [0.15, 0.2) is 0 Å². The number of anilines is 1. The van der Waals surface area contributed by atoms with Gasteiger partial charge >= 0.3 is 0 Å². The SMILES string of the molecule is CCn1nnc2cc(C(=O)Nc3ccccn3)ccc21. The number of carbonyl (C=O) groups is 1. The third kappa shape index (κ3) is 2.23. The maximum absolute atomic E-state index is 12.1. The van der Waals surface area contributed by atoms with Gasteiger partial charge in [0.25, 0.3) is 5.91 Å². The van der Waals surface area contributed by atoms with Gasteiger partial charge < -0.3 is 5.32 Å². The second-order valence-electron chi connectivity index (χ2n) is 4.28. The number of nitrogens with zero attached hydrogens (tertiary/aromatic N) is 4. The second kappa shape index (κ2) is 5.08. The van der Waals surface area contributed by atoms with Crippen LogP contribution in [0.5, 0.6) is 0 Å². The average Bonchev–Trinajstić information content (AvgIpc) is 2.90. The van der Waals surface area contributed by atoms with Crippen molar-refractivity contribution in [2.24, 2.45) is 0 Å². The van der Waals surface area contributed by atoms with Crippen LogP contribution in [0.1, 0.15) is 17.3 Å².